The van der Waals surface area contributed by atoms with Crippen molar-refractivity contribution in [3.05, 3.63) is 35.5 Å². The first kappa shape index (κ1) is 14.8. The SMILES string of the molecule is O=C(CC1CC2CCC1C2)Nc1nc(-c2ccc(F)cc2)cs1. The van der Waals surface area contributed by atoms with E-state index in [-0.39, 0.29) is 11.7 Å². The van der Waals surface area contributed by atoms with Gasteiger partial charge in [0.25, 0.3) is 0 Å². The lowest BCUT2D eigenvalue weighted by Crippen LogP contribution is -2.20. The van der Waals surface area contributed by atoms with Gasteiger partial charge in [0.2, 0.25) is 5.91 Å². The topological polar surface area (TPSA) is 42.0 Å². The van der Waals surface area contributed by atoms with Crippen molar-refractivity contribution >= 4 is 22.4 Å². The average molecular weight is 330 g/mol. The Morgan fingerprint density at radius 2 is 2.09 bits per heavy atom. The quantitative estimate of drug-likeness (QED) is 0.882. The molecule has 4 rings (SSSR count). The number of carbonyl (C=O) groups is 1. The molecular formula is C18H19FN2OS. The van der Waals surface area contributed by atoms with Crippen LogP contribution in [0.15, 0.2) is 29.6 Å². The summed E-state index contributed by atoms with van der Waals surface area (Å²) in [6.45, 7) is 0. The van der Waals surface area contributed by atoms with Crippen LogP contribution in [0, 0.1) is 23.6 Å². The third-order valence-corrected chi connectivity index (χ3v) is 5.98. The van der Waals surface area contributed by atoms with Gasteiger partial charge in [-0.15, -0.1) is 11.3 Å². The summed E-state index contributed by atoms with van der Waals surface area (Å²) in [6.07, 6.45) is 5.82. The molecule has 1 heterocycles. The lowest BCUT2D eigenvalue weighted by molar-refractivity contribution is -0.117. The lowest BCUT2D eigenvalue weighted by atomic mass is 9.86. The minimum Gasteiger partial charge on any atom is -0.302 e. The summed E-state index contributed by atoms with van der Waals surface area (Å²) < 4.78 is 13.0. The Morgan fingerprint density at radius 1 is 1.26 bits per heavy atom. The molecule has 0 spiro atoms. The maximum absolute atomic E-state index is 13.0. The standard InChI is InChI=1S/C18H19FN2OS/c19-15-5-3-12(4-6-15)16-10-23-18(20-16)21-17(22)9-14-8-11-1-2-13(14)7-11/h3-6,10-11,13-14H,1-2,7-9H2,(H,20,21,22). The molecule has 3 atom stereocenters. The van der Waals surface area contributed by atoms with Crippen LogP contribution in [0.5, 0.6) is 0 Å². The highest BCUT2D eigenvalue weighted by molar-refractivity contribution is 7.14. The van der Waals surface area contributed by atoms with Gasteiger partial charge in [-0.2, -0.15) is 0 Å². The smallest absolute Gasteiger partial charge is 0.226 e. The Morgan fingerprint density at radius 3 is 2.78 bits per heavy atom. The highest BCUT2D eigenvalue weighted by Gasteiger charge is 2.40. The molecule has 2 aliphatic rings. The van der Waals surface area contributed by atoms with Crippen molar-refractivity contribution in [3.8, 4) is 11.3 Å². The predicted molar refractivity (Wildman–Crippen MR) is 89.7 cm³/mol. The number of nitrogens with one attached hydrogen (secondary N) is 1. The first-order valence-electron chi connectivity index (χ1n) is 8.18. The van der Waals surface area contributed by atoms with Crippen LogP contribution in [-0.4, -0.2) is 10.9 Å². The molecule has 3 unspecified atom stereocenters. The first-order valence-corrected chi connectivity index (χ1v) is 9.06. The second kappa shape index (κ2) is 6.04. The van der Waals surface area contributed by atoms with Crippen LogP contribution in [0.4, 0.5) is 9.52 Å². The van der Waals surface area contributed by atoms with Crippen LogP contribution in [-0.2, 0) is 4.79 Å². The van der Waals surface area contributed by atoms with E-state index in [9.17, 15) is 9.18 Å². The fourth-order valence-electron chi connectivity index (χ4n) is 4.12. The highest BCUT2D eigenvalue weighted by atomic mass is 32.1. The van der Waals surface area contributed by atoms with E-state index in [0.717, 1.165) is 23.1 Å². The number of halogens is 1. The van der Waals surface area contributed by atoms with Crippen LogP contribution in [0.25, 0.3) is 11.3 Å². The molecule has 1 N–H and O–H groups in total. The summed E-state index contributed by atoms with van der Waals surface area (Å²) in [6, 6.07) is 6.24. The first-order chi connectivity index (χ1) is 11.2. The second-order valence-corrected chi connectivity index (χ2v) is 7.59. The molecule has 0 aliphatic heterocycles. The van der Waals surface area contributed by atoms with Crippen LogP contribution < -0.4 is 5.32 Å². The zero-order valence-corrected chi connectivity index (χ0v) is 13.6. The van der Waals surface area contributed by atoms with Gasteiger partial charge >= 0.3 is 0 Å². The molecule has 0 radical (unpaired) electrons. The summed E-state index contributed by atoms with van der Waals surface area (Å²) in [5.41, 5.74) is 1.63. The molecule has 2 aliphatic carbocycles. The third-order valence-electron chi connectivity index (χ3n) is 5.22. The van der Waals surface area contributed by atoms with Crippen molar-refractivity contribution in [1.29, 1.82) is 0 Å². The molecule has 2 saturated carbocycles. The molecule has 1 aromatic heterocycles. The Labute approximate surface area is 138 Å². The van der Waals surface area contributed by atoms with E-state index in [1.54, 1.807) is 12.1 Å². The third kappa shape index (κ3) is 3.15. The number of hydrogen-bond donors (Lipinski definition) is 1. The van der Waals surface area contributed by atoms with Gasteiger partial charge in [0.15, 0.2) is 5.13 Å². The van der Waals surface area contributed by atoms with Crippen molar-refractivity contribution in [3.63, 3.8) is 0 Å². The number of nitrogens with zero attached hydrogens (tertiary/aromatic N) is 1. The molecule has 2 aromatic rings. The Kier molecular flexibility index (Phi) is 3.89. The Balaban J connectivity index is 1.37. The van der Waals surface area contributed by atoms with Crippen molar-refractivity contribution in [2.45, 2.75) is 32.1 Å². The Hall–Kier alpha value is -1.75. The number of thiazole rings is 1. The number of anilines is 1. The molecule has 23 heavy (non-hydrogen) atoms. The maximum Gasteiger partial charge on any atom is 0.226 e. The van der Waals surface area contributed by atoms with Gasteiger partial charge in [-0.3, -0.25) is 4.79 Å². The molecular weight excluding hydrogens is 311 g/mol. The molecule has 2 bridgehead atoms. The molecule has 120 valence electrons. The fraction of sp³-hybridized carbons (Fsp3) is 0.444. The summed E-state index contributed by atoms with van der Waals surface area (Å²) in [5.74, 6) is 2.00. The molecule has 1 amide bonds. The van der Waals surface area contributed by atoms with E-state index in [0.29, 0.717) is 17.5 Å². The van der Waals surface area contributed by atoms with E-state index >= 15 is 0 Å². The van der Waals surface area contributed by atoms with E-state index in [4.69, 9.17) is 0 Å². The number of benzene rings is 1. The van der Waals surface area contributed by atoms with Gasteiger partial charge in [0, 0.05) is 17.4 Å². The zero-order chi connectivity index (χ0) is 15.8. The van der Waals surface area contributed by atoms with E-state index in [1.807, 2.05) is 5.38 Å². The number of hydrogen-bond acceptors (Lipinski definition) is 3. The summed E-state index contributed by atoms with van der Waals surface area (Å²) in [5, 5.41) is 5.44. The predicted octanol–water partition coefficient (Wildman–Crippen LogP) is 4.71. The van der Waals surface area contributed by atoms with E-state index < -0.39 is 0 Å². The monoisotopic (exact) mass is 330 g/mol. The summed E-state index contributed by atoms with van der Waals surface area (Å²) >= 11 is 1.41. The molecule has 1 aromatic carbocycles. The lowest BCUT2D eigenvalue weighted by Gasteiger charge is -2.20. The highest BCUT2D eigenvalue weighted by Crippen LogP contribution is 2.49. The number of aromatic nitrogens is 1. The van der Waals surface area contributed by atoms with Crippen LogP contribution in [0.3, 0.4) is 0 Å². The Bertz CT molecular complexity index is 712. The number of rotatable bonds is 4. The zero-order valence-electron chi connectivity index (χ0n) is 12.8. The molecule has 2 fully saturated rings. The summed E-state index contributed by atoms with van der Waals surface area (Å²) in [4.78, 5) is 16.7. The van der Waals surface area contributed by atoms with Crippen LogP contribution in [0.1, 0.15) is 32.1 Å². The van der Waals surface area contributed by atoms with Crippen molar-refractivity contribution in [2.75, 3.05) is 5.32 Å². The minimum atomic E-state index is -0.261. The molecule has 3 nitrogen and oxygen atoms in total. The van der Waals surface area contributed by atoms with Gasteiger partial charge in [-0.1, -0.05) is 6.42 Å². The molecule has 0 saturated heterocycles. The average Bonchev–Trinajstić information content (AvgIpc) is 3.24. The summed E-state index contributed by atoms with van der Waals surface area (Å²) in [7, 11) is 0. The van der Waals surface area contributed by atoms with Crippen LogP contribution in [0.2, 0.25) is 0 Å². The number of carbonyl (C=O) groups excluding carboxylic acids is 1. The van der Waals surface area contributed by atoms with Crippen molar-refractivity contribution in [2.24, 2.45) is 17.8 Å². The van der Waals surface area contributed by atoms with Gasteiger partial charge < -0.3 is 5.32 Å². The van der Waals surface area contributed by atoms with E-state index in [2.05, 4.69) is 10.3 Å². The van der Waals surface area contributed by atoms with Gasteiger partial charge in [0.1, 0.15) is 5.82 Å². The molecule has 5 heteroatoms. The van der Waals surface area contributed by atoms with Crippen molar-refractivity contribution < 1.29 is 9.18 Å². The second-order valence-electron chi connectivity index (χ2n) is 6.73. The van der Waals surface area contributed by atoms with Crippen LogP contribution >= 0.6 is 11.3 Å². The van der Waals surface area contributed by atoms with Gasteiger partial charge in [0.05, 0.1) is 5.69 Å². The number of fused-ring (bicyclic) bond motifs is 2. The van der Waals surface area contributed by atoms with Crippen molar-refractivity contribution in [1.82, 2.24) is 4.98 Å². The van der Waals surface area contributed by atoms with E-state index in [1.165, 1.54) is 49.2 Å². The fourth-order valence-corrected chi connectivity index (χ4v) is 4.86. The number of amides is 1. The van der Waals surface area contributed by atoms with Gasteiger partial charge in [-0.25, -0.2) is 9.37 Å². The normalized spacial score (nSPS) is 25.7. The maximum atomic E-state index is 13.0. The minimum absolute atomic E-state index is 0.0718. The van der Waals surface area contributed by atoms with Gasteiger partial charge in [-0.05, 0) is 61.3 Å². The largest absolute Gasteiger partial charge is 0.302 e.